The van der Waals surface area contributed by atoms with Crippen LogP contribution in [0.3, 0.4) is 0 Å². The lowest BCUT2D eigenvalue weighted by Crippen LogP contribution is -2.32. The summed E-state index contributed by atoms with van der Waals surface area (Å²) in [6.45, 7) is 7.71. The number of fused-ring (bicyclic) bond motifs is 1. The van der Waals surface area contributed by atoms with Crippen molar-refractivity contribution < 1.29 is 40.9 Å². The molecule has 0 fully saturated rings. The molecular weight excluding hydrogens is 913 g/mol. The Labute approximate surface area is 391 Å². The van der Waals surface area contributed by atoms with Crippen LogP contribution in [0.1, 0.15) is 29.4 Å². The van der Waals surface area contributed by atoms with Crippen LogP contribution >= 0.6 is 0 Å². The van der Waals surface area contributed by atoms with Crippen LogP contribution in [0.25, 0.3) is 33.5 Å². The van der Waals surface area contributed by atoms with Crippen molar-refractivity contribution in [3.05, 3.63) is 126 Å². The third kappa shape index (κ3) is 11.5. The summed E-state index contributed by atoms with van der Waals surface area (Å²) < 4.78 is 79.5. The van der Waals surface area contributed by atoms with Gasteiger partial charge >= 0.3 is 6.09 Å². The summed E-state index contributed by atoms with van der Waals surface area (Å²) in [5.41, 5.74) is 3.67. The second kappa shape index (κ2) is 20.1. The molecule has 2 aromatic heterocycles. The molecule has 0 aliphatic rings. The number of amides is 1. The molecular formula is C47H54N8O9S2Si. The van der Waals surface area contributed by atoms with Gasteiger partial charge in [0.2, 0.25) is 15.8 Å². The van der Waals surface area contributed by atoms with Crippen molar-refractivity contribution >= 4 is 45.1 Å². The van der Waals surface area contributed by atoms with Crippen LogP contribution in [0, 0.1) is 0 Å². The fourth-order valence-electron chi connectivity index (χ4n) is 7.54. The Morgan fingerprint density at radius 2 is 1.36 bits per heavy atom. The molecule has 352 valence electrons. The van der Waals surface area contributed by atoms with Gasteiger partial charge in [0.15, 0.2) is 9.84 Å². The second-order valence-corrected chi connectivity index (χ2v) is 26.9. The minimum Gasteiger partial charge on any atom is -0.497 e. The van der Waals surface area contributed by atoms with Gasteiger partial charge in [-0.3, -0.25) is 0 Å². The van der Waals surface area contributed by atoms with Crippen molar-refractivity contribution in [3.8, 4) is 39.8 Å². The number of aromatic nitrogens is 6. The number of rotatable bonds is 20. The van der Waals surface area contributed by atoms with Gasteiger partial charge in [-0.2, -0.15) is 9.10 Å². The molecule has 0 saturated heterocycles. The standard InChI is InChI=1S/C47H54N8O9S2Si/c1-31(48-47(56)57)27-42-49-40-10-8-9-39(44(40)50-42)38-23-24-41(65(58,59)25-26-67(5,6)7)45(43(38)46-51-53-55(52-46)30-34-15-21-37(64-4)22-16-34)66(60,61)54(28-32-11-17-35(62-2)18-12-32)29-33-13-19-36(63-3)20-14-33/h8-24,31,48H,25-30H2,1-7H3,(H,49,50)(H,56,57)/t31-/m0/s1. The van der Waals surface area contributed by atoms with Gasteiger partial charge in [-0.15, -0.1) is 10.2 Å². The third-order valence-electron chi connectivity index (χ3n) is 11.1. The number of para-hydroxylation sites is 1. The first-order chi connectivity index (χ1) is 31.9. The SMILES string of the molecule is COc1ccc(CN(Cc2ccc(OC)cc2)S(=O)(=O)c2c(S(=O)(=O)CC[Si](C)(C)C)ccc(-c3cccc4[nH]c(C[C@H](C)NC(=O)O)nc34)c2-c2nnn(Cc3ccc(OC)cc3)n2)cc1. The first-order valence-electron chi connectivity index (χ1n) is 21.4. The van der Waals surface area contributed by atoms with E-state index in [1.54, 1.807) is 99.0 Å². The summed E-state index contributed by atoms with van der Waals surface area (Å²) in [5.74, 6) is 1.85. The number of methoxy groups -OCH3 is 3. The molecule has 0 aliphatic carbocycles. The average Bonchev–Trinajstić information content (AvgIpc) is 3.94. The largest absolute Gasteiger partial charge is 0.497 e. The molecule has 67 heavy (non-hydrogen) atoms. The van der Waals surface area contributed by atoms with E-state index in [9.17, 15) is 18.3 Å². The number of benzene rings is 5. The second-order valence-electron chi connectivity index (χ2n) is 17.3. The zero-order valence-corrected chi connectivity index (χ0v) is 41.0. The number of hydrogen-bond acceptors (Lipinski definition) is 12. The van der Waals surface area contributed by atoms with E-state index >= 15 is 8.42 Å². The van der Waals surface area contributed by atoms with Crippen LogP contribution in [0.2, 0.25) is 25.7 Å². The summed E-state index contributed by atoms with van der Waals surface area (Å²) in [7, 11) is -6.52. The Morgan fingerprint density at radius 3 is 1.90 bits per heavy atom. The molecule has 3 N–H and O–H groups in total. The molecule has 20 heteroatoms. The van der Waals surface area contributed by atoms with Gasteiger partial charge in [0.25, 0.3) is 0 Å². The van der Waals surface area contributed by atoms with E-state index in [1.807, 2.05) is 12.1 Å². The number of H-pyrrole nitrogens is 1. The van der Waals surface area contributed by atoms with Gasteiger partial charge in [0.1, 0.15) is 28.0 Å². The van der Waals surface area contributed by atoms with Crippen molar-refractivity contribution in [3.63, 3.8) is 0 Å². The number of nitrogens with one attached hydrogen (secondary N) is 2. The molecule has 0 unspecified atom stereocenters. The van der Waals surface area contributed by atoms with Gasteiger partial charge in [-0.1, -0.05) is 74.2 Å². The van der Waals surface area contributed by atoms with E-state index in [1.165, 1.54) is 29.4 Å². The van der Waals surface area contributed by atoms with Gasteiger partial charge < -0.3 is 29.6 Å². The fourth-order valence-corrected chi connectivity index (χ4v) is 14.3. The van der Waals surface area contributed by atoms with E-state index < -0.39 is 49.9 Å². The Morgan fingerprint density at radius 1 is 0.791 bits per heavy atom. The van der Waals surface area contributed by atoms with E-state index in [0.29, 0.717) is 56.8 Å². The van der Waals surface area contributed by atoms with Crippen LogP contribution in [0.4, 0.5) is 4.79 Å². The number of ether oxygens (including phenoxy) is 3. The number of sulfone groups is 1. The molecule has 7 aromatic rings. The van der Waals surface area contributed by atoms with Crippen LogP contribution in [0.15, 0.2) is 113 Å². The fraction of sp³-hybridized carbons (Fsp3) is 0.298. The van der Waals surface area contributed by atoms with E-state index in [-0.39, 0.29) is 48.8 Å². The van der Waals surface area contributed by atoms with Crippen LogP contribution in [-0.4, -0.2) is 104 Å². The number of carbonyl (C=O) groups is 1. The summed E-state index contributed by atoms with van der Waals surface area (Å²) in [5, 5.41) is 25.4. The number of imidazole rings is 1. The lowest BCUT2D eigenvalue weighted by molar-refractivity contribution is 0.190. The summed E-state index contributed by atoms with van der Waals surface area (Å²) in [6.07, 6.45) is -0.961. The number of hydrogen-bond donors (Lipinski definition) is 3. The molecule has 1 atom stereocenters. The predicted octanol–water partition coefficient (Wildman–Crippen LogP) is 7.66. The minimum atomic E-state index is -4.86. The highest BCUT2D eigenvalue weighted by atomic mass is 32.2. The minimum absolute atomic E-state index is 0.0810. The van der Waals surface area contributed by atoms with Crippen molar-refractivity contribution in [2.75, 3.05) is 27.1 Å². The number of sulfonamides is 1. The normalized spacial score (nSPS) is 12.6. The topological polar surface area (TPSA) is 221 Å². The lowest BCUT2D eigenvalue weighted by atomic mass is 9.98. The monoisotopic (exact) mass is 966 g/mol. The number of aromatic amines is 1. The summed E-state index contributed by atoms with van der Waals surface area (Å²) in [4.78, 5) is 20.0. The van der Waals surface area contributed by atoms with Crippen LogP contribution < -0.4 is 19.5 Å². The van der Waals surface area contributed by atoms with Crippen molar-refractivity contribution in [2.24, 2.45) is 0 Å². The molecule has 7 rings (SSSR count). The predicted molar refractivity (Wildman–Crippen MR) is 257 cm³/mol. The average molecular weight is 967 g/mol. The maximum Gasteiger partial charge on any atom is 0.404 e. The van der Waals surface area contributed by atoms with E-state index in [2.05, 4.69) is 40.3 Å². The quantitative estimate of drug-likeness (QED) is 0.0626. The highest BCUT2D eigenvalue weighted by Gasteiger charge is 2.38. The lowest BCUT2D eigenvalue weighted by Gasteiger charge is -2.26. The van der Waals surface area contributed by atoms with Gasteiger partial charge in [0.05, 0.1) is 55.1 Å². The van der Waals surface area contributed by atoms with Crippen molar-refractivity contribution in [2.45, 2.75) is 74.5 Å². The van der Waals surface area contributed by atoms with Crippen molar-refractivity contribution in [1.29, 1.82) is 0 Å². The Bertz CT molecular complexity index is 3030. The molecule has 0 bridgehead atoms. The maximum absolute atomic E-state index is 16.1. The molecule has 0 aliphatic heterocycles. The number of tetrazole rings is 1. The molecule has 5 aromatic carbocycles. The van der Waals surface area contributed by atoms with Gasteiger partial charge in [0, 0.05) is 39.2 Å². The van der Waals surface area contributed by atoms with Crippen LogP contribution in [0.5, 0.6) is 17.2 Å². The first kappa shape index (κ1) is 48.3. The van der Waals surface area contributed by atoms with Crippen LogP contribution in [-0.2, 0) is 45.9 Å². The highest BCUT2D eigenvalue weighted by molar-refractivity contribution is 7.93. The third-order valence-corrected chi connectivity index (χ3v) is 17.0. The number of carboxylic acid groups (broad SMARTS) is 1. The van der Waals surface area contributed by atoms with Gasteiger partial charge in [-0.25, -0.2) is 26.6 Å². The highest BCUT2D eigenvalue weighted by Crippen LogP contribution is 2.43. The summed E-state index contributed by atoms with van der Waals surface area (Å²) in [6, 6.07) is 29.4. The molecule has 0 radical (unpaired) electrons. The van der Waals surface area contributed by atoms with Crippen molar-refractivity contribution in [1.82, 2.24) is 39.8 Å². The van der Waals surface area contributed by atoms with E-state index in [4.69, 9.17) is 24.3 Å². The first-order valence-corrected chi connectivity index (χ1v) is 28.2. The van der Waals surface area contributed by atoms with Gasteiger partial charge in [-0.05, 0) is 89.0 Å². The zero-order valence-electron chi connectivity index (χ0n) is 38.3. The van der Waals surface area contributed by atoms with E-state index in [0.717, 1.165) is 5.56 Å². The Hall–Kier alpha value is -6.61. The smallest absolute Gasteiger partial charge is 0.404 e. The Kier molecular flexibility index (Phi) is 14.5. The molecule has 1 amide bonds. The molecule has 17 nitrogen and oxygen atoms in total. The maximum atomic E-state index is 16.1. The summed E-state index contributed by atoms with van der Waals surface area (Å²) >= 11 is 0. The molecule has 0 saturated carbocycles. The zero-order chi connectivity index (χ0) is 48.1. The Balaban J connectivity index is 1.51. The molecule has 2 heterocycles. The number of nitrogens with zero attached hydrogens (tertiary/aromatic N) is 6. The molecule has 0 spiro atoms.